The molecule has 9 nitrogen and oxygen atoms in total. The zero-order chi connectivity index (χ0) is 35.6. The normalized spacial score (nSPS) is 15.2. The van der Waals surface area contributed by atoms with Crippen LogP contribution in [0.2, 0.25) is 0 Å². The van der Waals surface area contributed by atoms with Gasteiger partial charge in [0.15, 0.2) is 0 Å². The van der Waals surface area contributed by atoms with Gasteiger partial charge in [0.25, 0.3) is 0 Å². The molecule has 0 spiro atoms. The van der Waals surface area contributed by atoms with Gasteiger partial charge in [0, 0.05) is 42.6 Å². The van der Waals surface area contributed by atoms with E-state index >= 15 is 0 Å². The summed E-state index contributed by atoms with van der Waals surface area (Å²) in [7, 11) is 1.75. The van der Waals surface area contributed by atoms with Crippen LogP contribution in [0.15, 0.2) is 102 Å². The number of pyridine rings is 1. The van der Waals surface area contributed by atoms with Crippen LogP contribution in [0.5, 0.6) is 17.2 Å². The molecule has 268 valence electrons. The number of fused-ring (bicyclic) bond motifs is 1. The van der Waals surface area contributed by atoms with Crippen molar-refractivity contribution in [1.29, 1.82) is 0 Å². The number of methoxy groups -OCH3 is 1. The first-order valence-electron chi connectivity index (χ1n) is 17.9. The molecule has 1 aliphatic rings. The van der Waals surface area contributed by atoms with Crippen molar-refractivity contribution >= 4 is 10.9 Å². The lowest BCUT2D eigenvalue weighted by atomic mass is 9.67. The van der Waals surface area contributed by atoms with E-state index in [2.05, 4.69) is 63.7 Å². The highest BCUT2D eigenvalue weighted by Gasteiger charge is 2.39. The number of phenolic OH excluding ortho intramolecular Hbond substituents is 2. The Labute approximate surface area is 299 Å². The van der Waals surface area contributed by atoms with E-state index in [0.29, 0.717) is 41.9 Å². The number of hydrogen-bond acceptors (Lipinski definition) is 8. The molecule has 1 atom stereocenters. The second kappa shape index (κ2) is 17.0. The van der Waals surface area contributed by atoms with Gasteiger partial charge in [-0.3, -0.25) is 4.79 Å². The predicted octanol–water partition coefficient (Wildman–Crippen LogP) is 5.84. The van der Waals surface area contributed by atoms with Crippen LogP contribution in [-0.2, 0) is 23.0 Å². The highest BCUT2D eigenvalue weighted by atomic mass is 16.5. The van der Waals surface area contributed by atoms with E-state index in [1.165, 1.54) is 23.3 Å². The molecule has 51 heavy (non-hydrogen) atoms. The van der Waals surface area contributed by atoms with E-state index in [4.69, 9.17) is 9.47 Å². The SMILES string of the molecule is COCCN1CCC(c2ccccc2)(c2cc(CCCOc3ccc(CCNC[C@H](O)c4ccc(O)c5[nH]c(=O)ccc45)cc3)ccc2O)CC1. The number of likely N-dealkylation sites (tertiary alicyclic amines) is 1. The quantitative estimate of drug-likeness (QED) is 0.0817. The number of nitrogens with one attached hydrogen (secondary N) is 2. The Bertz CT molecular complexity index is 1920. The molecule has 0 unspecified atom stereocenters. The number of aliphatic hydroxyl groups excluding tert-OH is 1. The Balaban J connectivity index is 0.977. The summed E-state index contributed by atoms with van der Waals surface area (Å²) in [5.74, 6) is 1.16. The van der Waals surface area contributed by atoms with Gasteiger partial charge in [0.2, 0.25) is 5.56 Å². The molecule has 4 aromatic carbocycles. The number of rotatable bonds is 16. The van der Waals surface area contributed by atoms with Gasteiger partial charge in [-0.15, -0.1) is 0 Å². The minimum atomic E-state index is -0.794. The number of aromatic nitrogens is 1. The van der Waals surface area contributed by atoms with Crippen molar-refractivity contribution in [2.45, 2.75) is 43.6 Å². The molecule has 1 fully saturated rings. The van der Waals surface area contributed by atoms with Crippen LogP contribution in [0.25, 0.3) is 10.9 Å². The summed E-state index contributed by atoms with van der Waals surface area (Å²) in [6.45, 7) is 5.16. The monoisotopic (exact) mass is 691 g/mol. The highest BCUT2D eigenvalue weighted by Crippen LogP contribution is 2.45. The number of aliphatic hydroxyl groups is 1. The summed E-state index contributed by atoms with van der Waals surface area (Å²) in [6.07, 6.45) is 3.58. The van der Waals surface area contributed by atoms with Crippen LogP contribution in [0.3, 0.4) is 0 Å². The molecule has 0 aliphatic carbocycles. The van der Waals surface area contributed by atoms with Gasteiger partial charge in [-0.05, 0) is 104 Å². The lowest BCUT2D eigenvalue weighted by Gasteiger charge is -2.43. The zero-order valence-electron chi connectivity index (χ0n) is 29.3. The Kier molecular flexibility index (Phi) is 12.1. The molecule has 0 radical (unpaired) electrons. The standard InChI is InChI=1S/C42H49N3O6/c1-50-27-25-45-23-20-42(21-24-45,32-7-3-2-4-8-32)36-28-31(11-16-37(36)46)6-5-26-51-33-12-9-30(10-13-33)19-22-43-29-39(48)34-14-17-38(47)41-35(34)15-18-40(49)44-41/h2-4,7-18,28,39,43,46-48H,5-6,19-27,29H2,1H3,(H,44,49)/t39-/m0/s1. The molecular formula is C42H49N3O6. The van der Waals surface area contributed by atoms with E-state index < -0.39 is 6.10 Å². The Morgan fingerprint density at radius 1 is 0.863 bits per heavy atom. The molecule has 9 heteroatoms. The summed E-state index contributed by atoms with van der Waals surface area (Å²) < 4.78 is 11.4. The van der Waals surface area contributed by atoms with Crippen molar-refractivity contribution in [2.24, 2.45) is 0 Å². The van der Waals surface area contributed by atoms with Gasteiger partial charge in [-0.2, -0.15) is 0 Å². The number of aromatic hydroxyl groups is 2. The number of H-pyrrole nitrogens is 1. The highest BCUT2D eigenvalue weighted by molar-refractivity contribution is 5.87. The van der Waals surface area contributed by atoms with Crippen LogP contribution < -0.4 is 15.6 Å². The van der Waals surface area contributed by atoms with Crippen LogP contribution in [0.4, 0.5) is 0 Å². The van der Waals surface area contributed by atoms with Crippen molar-refractivity contribution in [2.75, 3.05) is 53.0 Å². The molecule has 1 saturated heterocycles. The van der Waals surface area contributed by atoms with Crippen molar-refractivity contribution in [3.05, 3.63) is 135 Å². The number of piperidine rings is 1. The fraction of sp³-hybridized carbons (Fsp3) is 0.357. The maximum atomic E-state index is 11.7. The first-order chi connectivity index (χ1) is 24.9. The molecule has 0 amide bonds. The Morgan fingerprint density at radius 3 is 2.37 bits per heavy atom. The number of nitrogens with zero attached hydrogens (tertiary/aromatic N) is 1. The van der Waals surface area contributed by atoms with Gasteiger partial charge < -0.3 is 40.0 Å². The number of ether oxygens (including phenoxy) is 2. The number of phenols is 2. The summed E-state index contributed by atoms with van der Waals surface area (Å²) in [5.41, 5.74) is 5.06. The predicted molar refractivity (Wildman–Crippen MR) is 201 cm³/mol. The molecule has 1 aliphatic heterocycles. The summed E-state index contributed by atoms with van der Waals surface area (Å²) in [5, 5.41) is 36.0. The van der Waals surface area contributed by atoms with Gasteiger partial charge in [0.05, 0.1) is 24.8 Å². The van der Waals surface area contributed by atoms with E-state index in [1.54, 1.807) is 19.2 Å². The number of aromatic amines is 1. The molecular weight excluding hydrogens is 642 g/mol. The number of aryl methyl sites for hydroxylation is 1. The van der Waals surface area contributed by atoms with E-state index in [1.807, 2.05) is 24.3 Å². The molecule has 5 aromatic rings. The molecule has 6 rings (SSSR count). The van der Waals surface area contributed by atoms with Crippen LogP contribution >= 0.6 is 0 Å². The largest absolute Gasteiger partial charge is 0.508 e. The molecule has 5 N–H and O–H groups in total. The third-order valence-corrected chi connectivity index (χ3v) is 10.2. The summed E-state index contributed by atoms with van der Waals surface area (Å²) in [6, 6.07) is 31.0. The first-order valence-corrected chi connectivity index (χ1v) is 17.9. The minimum Gasteiger partial charge on any atom is -0.508 e. The Hall–Kier alpha value is -4.67. The summed E-state index contributed by atoms with van der Waals surface area (Å²) in [4.78, 5) is 16.8. The van der Waals surface area contributed by atoms with Crippen molar-refractivity contribution < 1.29 is 24.8 Å². The van der Waals surface area contributed by atoms with Crippen molar-refractivity contribution in [3.8, 4) is 17.2 Å². The maximum Gasteiger partial charge on any atom is 0.248 e. The molecule has 0 saturated carbocycles. The average Bonchev–Trinajstić information content (AvgIpc) is 3.16. The maximum absolute atomic E-state index is 11.7. The fourth-order valence-electron chi connectivity index (χ4n) is 7.32. The van der Waals surface area contributed by atoms with Crippen molar-refractivity contribution in [1.82, 2.24) is 15.2 Å². The van der Waals surface area contributed by atoms with E-state index in [9.17, 15) is 20.1 Å². The lowest BCUT2D eigenvalue weighted by Crippen LogP contribution is -2.44. The van der Waals surface area contributed by atoms with Crippen LogP contribution in [-0.4, -0.2) is 78.3 Å². The molecule has 2 heterocycles. The van der Waals surface area contributed by atoms with E-state index in [-0.39, 0.29) is 16.7 Å². The van der Waals surface area contributed by atoms with Gasteiger partial charge >= 0.3 is 0 Å². The third kappa shape index (κ3) is 8.80. The number of benzene rings is 4. The average molecular weight is 692 g/mol. The van der Waals surface area contributed by atoms with Crippen LogP contribution in [0, 0.1) is 0 Å². The first kappa shape index (κ1) is 36.1. The third-order valence-electron chi connectivity index (χ3n) is 10.2. The van der Waals surface area contributed by atoms with Gasteiger partial charge in [-0.1, -0.05) is 60.7 Å². The smallest absolute Gasteiger partial charge is 0.248 e. The fourth-order valence-corrected chi connectivity index (χ4v) is 7.32. The molecule has 0 bridgehead atoms. The van der Waals surface area contributed by atoms with Crippen molar-refractivity contribution in [3.63, 3.8) is 0 Å². The van der Waals surface area contributed by atoms with E-state index in [0.717, 1.165) is 75.2 Å². The zero-order valence-corrected chi connectivity index (χ0v) is 29.3. The van der Waals surface area contributed by atoms with Crippen LogP contribution in [0.1, 0.15) is 53.2 Å². The van der Waals surface area contributed by atoms with Gasteiger partial charge in [-0.25, -0.2) is 0 Å². The number of hydrogen-bond donors (Lipinski definition) is 5. The van der Waals surface area contributed by atoms with Gasteiger partial charge in [0.1, 0.15) is 17.2 Å². The minimum absolute atomic E-state index is 0.0247. The molecule has 1 aromatic heterocycles. The summed E-state index contributed by atoms with van der Waals surface area (Å²) >= 11 is 0. The second-order valence-corrected chi connectivity index (χ2v) is 13.5. The lowest BCUT2D eigenvalue weighted by molar-refractivity contribution is 0.117. The Morgan fingerprint density at radius 2 is 1.61 bits per heavy atom. The topological polar surface area (TPSA) is 127 Å². The second-order valence-electron chi connectivity index (χ2n) is 13.5.